The number of aliphatic hydroxyl groups is 4. The quantitative estimate of drug-likeness (QED) is 0.515. The van der Waals surface area contributed by atoms with E-state index in [0.717, 1.165) is 0 Å². The average Bonchev–Trinajstić information content (AvgIpc) is 2.48. The highest BCUT2D eigenvalue weighted by Crippen LogP contribution is 2.28. The Bertz CT molecular complexity index is 442. The lowest BCUT2D eigenvalue weighted by atomic mass is 9.99. The molecule has 1 aliphatic rings. The first kappa shape index (κ1) is 14.9. The van der Waals surface area contributed by atoms with Crippen molar-refractivity contribution in [2.75, 3.05) is 13.7 Å². The second-order valence-electron chi connectivity index (χ2n) is 4.33. The van der Waals surface area contributed by atoms with Gasteiger partial charge in [0.1, 0.15) is 24.4 Å². The third-order valence-electron chi connectivity index (χ3n) is 3.03. The van der Waals surface area contributed by atoms with E-state index < -0.39 is 37.3 Å². The van der Waals surface area contributed by atoms with Gasteiger partial charge in [0, 0.05) is 6.20 Å². The van der Waals surface area contributed by atoms with Gasteiger partial charge in [-0.15, -0.1) is 0 Å². The van der Waals surface area contributed by atoms with Gasteiger partial charge in [0.25, 0.3) is 5.88 Å². The Morgan fingerprint density at radius 1 is 1.25 bits per heavy atom. The normalized spacial score (nSPS) is 33.8. The summed E-state index contributed by atoms with van der Waals surface area (Å²) in [6.45, 7) is -0.524. The van der Waals surface area contributed by atoms with Gasteiger partial charge >= 0.3 is 0 Å². The fourth-order valence-electron chi connectivity index (χ4n) is 1.89. The Labute approximate surface area is 115 Å². The van der Waals surface area contributed by atoms with Crippen LogP contribution in [0, 0.1) is 0 Å². The maximum Gasteiger partial charge on any atom is 0.259 e. The van der Waals surface area contributed by atoms with Crippen LogP contribution in [0.15, 0.2) is 18.3 Å². The highest BCUT2D eigenvalue weighted by Gasteiger charge is 2.45. The minimum Gasteiger partial charge on any atom is -0.491 e. The predicted octanol–water partition coefficient (Wildman–Crippen LogP) is -1.73. The minimum atomic E-state index is -1.50. The number of aromatic nitrogens is 1. The van der Waals surface area contributed by atoms with Crippen LogP contribution < -0.4 is 9.47 Å². The number of methoxy groups -OCH3 is 1. The Kier molecular flexibility index (Phi) is 4.73. The number of hydrogen-bond donors (Lipinski definition) is 4. The van der Waals surface area contributed by atoms with Crippen molar-refractivity contribution in [3.63, 3.8) is 0 Å². The largest absolute Gasteiger partial charge is 0.491 e. The fourth-order valence-corrected chi connectivity index (χ4v) is 1.89. The summed E-state index contributed by atoms with van der Waals surface area (Å²) in [5.74, 6) is 0.392. The molecule has 0 amide bonds. The molecule has 0 radical (unpaired) electrons. The van der Waals surface area contributed by atoms with Crippen molar-refractivity contribution < 1.29 is 34.6 Å². The number of ether oxygens (including phenoxy) is 3. The van der Waals surface area contributed by atoms with E-state index in [1.807, 2.05) is 0 Å². The van der Waals surface area contributed by atoms with Crippen molar-refractivity contribution >= 4 is 0 Å². The van der Waals surface area contributed by atoms with Crippen LogP contribution in [-0.4, -0.2) is 69.8 Å². The molecule has 1 saturated heterocycles. The molecule has 8 heteroatoms. The molecule has 112 valence electrons. The molecule has 1 aromatic heterocycles. The summed E-state index contributed by atoms with van der Waals surface area (Å²) < 4.78 is 15.6. The smallest absolute Gasteiger partial charge is 0.259 e. The zero-order valence-corrected chi connectivity index (χ0v) is 10.8. The first-order chi connectivity index (χ1) is 9.58. The molecule has 2 rings (SSSR count). The molecular weight excluding hydrogens is 270 g/mol. The van der Waals surface area contributed by atoms with E-state index in [2.05, 4.69) is 4.98 Å². The van der Waals surface area contributed by atoms with Crippen LogP contribution in [0.1, 0.15) is 0 Å². The number of hydrogen-bond acceptors (Lipinski definition) is 8. The van der Waals surface area contributed by atoms with E-state index >= 15 is 0 Å². The van der Waals surface area contributed by atoms with Gasteiger partial charge in [-0.2, -0.15) is 0 Å². The molecule has 1 aromatic rings. The number of aliphatic hydroxyl groups excluding tert-OH is 4. The van der Waals surface area contributed by atoms with Crippen molar-refractivity contribution in [2.45, 2.75) is 30.7 Å². The monoisotopic (exact) mass is 287 g/mol. The molecule has 0 aromatic carbocycles. The number of nitrogens with zero attached hydrogens (tertiary/aromatic N) is 1. The summed E-state index contributed by atoms with van der Waals surface area (Å²) in [5, 5.41) is 38.2. The lowest BCUT2D eigenvalue weighted by Crippen LogP contribution is -2.60. The van der Waals surface area contributed by atoms with Crippen LogP contribution in [0.3, 0.4) is 0 Å². The summed E-state index contributed by atoms with van der Waals surface area (Å²) in [6, 6.07) is 3.24. The van der Waals surface area contributed by atoms with Gasteiger partial charge in [-0.05, 0) is 12.1 Å². The second-order valence-corrected chi connectivity index (χ2v) is 4.33. The lowest BCUT2D eigenvalue weighted by Gasteiger charge is -2.39. The molecule has 8 nitrogen and oxygen atoms in total. The molecule has 0 saturated carbocycles. The van der Waals surface area contributed by atoms with E-state index in [1.54, 1.807) is 12.1 Å². The van der Waals surface area contributed by atoms with Crippen molar-refractivity contribution in [1.82, 2.24) is 4.98 Å². The van der Waals surface area contributed by atoms with E-state index in [-0.39, 0.29) is 5.88 Å². The van der Waals surface area contributed by atoms with Crippen LogP contribution in [0.2, 0.25) is 0 Å². The highest BCUT2D eigenvalue weighted by atomic mass is 16.7. The first-order valence-corrected chi connectivity index (χ1v) is 6.04. The van der Waals surface area contributed by atoms with E-state index in [9.17, 15) is 15.3 Å². The van der Waals surface area contributed by atoms with Crippen LogP contribution in [0.25, 0.3) is 0 Å². The van der Waals surface area contributed by atoms with Crippen LogP contribution >= 0.6 is 0 Å². The zero-order chi connectivity index (χ0) is 14.7. The van der Waals surface area contributed by atoms with Gasteiger partial charge in [-0.25, -0.2) is 4.98 Å². The molecule has 1 aliphatic heterocycles. The molecule has 20 heavy (non-hydrogen) atoms. The molecule has 0 bridgehead atoms. The topological polar surface area (TPSA) is 122 Å². The average molecular weight is 287 g/mol. The Morgan fingerprint density at radius 3 is 2.65 bits per heavy atom. The highest BCUT2D eigenvalue weighted by molar-refractivity contribution is 5.32. The van der Waals surface area contributed by atoms with Gasteiger partial charge < -0.3 is 34.6 Å². The Hall–Kier alpha value is -1.45. The third kappa shape index (κ3) is 2.84. The lowest BCUT2D eigenvalue weighted by molar-refractivity contribution is -0.278. The fraction of sp³-hybridized carbons (Fsp3) is 0.583. The molecule has 0 unspecified atom stereocenters. The van der Waals surface area contributed by atoms with Gasteiger partial charge in [0.15, 0.2) is 5.75 Å². The predicted molar refractivity (Wildman–Crippen MR) is 65.2 cm³/mol. The van der Waals surface area contributed by atoms with Gasteiger partial charge in [-0.1, -0.05) is 0 Å². The van der Waals surface area contributed by atoms with Crippen LogP contribution in [-0.2, 0) is 4.74 Å². The molecular formula is C12H17NO7. The van der Waals surface area contributed by atoms with Crippen molar-refractivity contribution in [1.29, 1.82) is 0 Å². The molecule has 5 atom stereocenters. The molecule has 1 fully saturated rings. The standard InChI is InChI=1S/C12H17NO7/c1-18-6-3-2-4-13-11(6)20-12-10(17)9(16)8(15)7(5-14)19-12/h2-4,7-10,12,14-17H,5H2,1H3/t7-,8+,9+,10-,12+/m1/s1. The maximum absolute atomic E-state index is 9.84. The molecule has 0 aliphatic carbocycles. The van der Waals surface area contributed by atoms with Gasteiger partial charge in [0.05, 0.1) is 13.7 Å². The summed E-state index contributed by atoms with van der Waals surface area (Å²) in [7, 11) is 1.43. The van der Waals surface area contributed by atoms with Gasteiger partial charge in [0.2, 0.25) is 6.29 Å². The number of pyridine rings is 1. The molecule has 2 heterocycles. The molecule has 4 N–H and O–H groups in total. The maximum atomic E-state index is 9.84. The van der Waals surface area contributed by atoms with Gasteiger partial charge in [-0.3, -0.25) is 0 Å². The molecule has 0 spiro atoms. The minimum absolute atomic E-state index is 0.0688. The summed E-state index contributed by atoms with van der Waals surface area (Å²) in [4.78, 5) is 3.93. The van der Waals surface area contributed by atoms with E-state index in [1.165, 1.54) is 13.3 Å². The van der Waals surface area contributed by atoms with Crippen molar-refractivity contribution in [3.8, 4) is 11.6 Å². The zero-order valence-electron chi connectivity index (χ0n) is 10.8. The van der Waals surface area contributed by atoms with E-state index in [4.69, 9.17) is 19.3 Å². The second kappa shape index (κ2) is 6.33. The first-order valence-electron chi connectivity index (χ1n) is 6.04. The van der Waals surface area contributed by atoms with E-state index in [0.29, 0.717) is 5.75 Å². The number of rotatable bonds is 4. The van der Waals surface area contributed by atoms with Crippen LogP contribution in [0.4, 0.5) is 0 Å². The van der Waals surface area contributed by atoms with Crippen molar-refractivity contribution in [2.24, 2.45) is 0 Å². The summed E-state index contributed by atoms with van der Waals surface area (Å²) in [5.41, 5.74) is 0. The Balaban J connectivity index is 2.15. The summed E-state index contributed by atoms with van der Waals surface area (Å²) in [6.07, 6.45) is -5.27. The van der Waals surface area contributed by atoms with Crippen LogP contribution in [0.5, 0.6) is 11.6 Å². The van der Waals surface area contributed by atoms with Crippen molar-refractivity contribution in [3.05, 3.63) is 18.3 Å². The Morgan fingerprint density at radius 2 is 2.00 bits per heavy atom. The third-order valence-corrected chi connectivity index (χ3v) is 3.03. The SMILES string of the molecule is COc1cccnc1O[C@@H]1O[C@H](CO)[C@H](O)[C@H](O)[C@H]1O. The summed E-state index contributed by atoms with van der Waals surface area (Å²) >= 11 is 0.